The van der Waals surface area contributed by atoms with E-state index in [-0.39, 0.29) is 42.6 Å². The summed E-state index contributed by atoms with van der Waals surface area (Å²) < 4.78 is 31.2. The second-order valence-electron chi connectivity index (χ2n) is 9.17. The zero-order chi connectivity index (χ0) is 27.2. The number of imide groups is 1. The minimum absolute atomic E-state index is 0.0163. The molecule has 1 fully saturated rings. The van der Waals surface area contributed by atoms with Crippen molar-refractivity contribution in [1.82, 2.24) is 4.90 Å². The summed E-state index contributed by atoms with van der Waals surface area (Å²) >= 11 is 0.883. The summed E-state index contributed by atoms with van der Waals surface area (Å²) in [5, 5.41) is -0.345. The Labute approximate surface area is 226 Å². The van der Waals surface area contributed by atoms with Gasteiger partial charge >= 0.3 is 0 Å². The molecule has 0 unspecified atom stereocenters. The molecular weight excluding hydrogens is 505 g/mol. The van der Waals surface area contributed by atoms with Gasteiger partial charge in [-0.1, -0.05) is 50.2 Å². The fourth-order valence-electron chi connectivity index (χ4n) is 4.00. The second-order valence-corrected chi connectivity index (χ2v) is 10.2. The van der Waals surface area contributed by atoms with E-state index in [4.69, 9.17) is 14.2 Å². The molecule has 8 heteroatoms. The van der Waals surface area contributed by atoms with Crippen LogP contribution in [0.1, 0.15) is 42.0 Å². The van der Waals surface area contributed by atoms with Gasteiger partial charge in [-0.05, 0) is 71.6 Å². The summed E-state index contributed by atoms with van der Waals surface area (Å²) in [5.41, 5.74) is 3.22. The summed E-state index contributed by atoms with van der Waals surface area (Å²) in [4.78, 5) is 27.1. The molecule has 38 heavy (non-hydrogen) atoms. The molecule has 1 aliphatic rings. The molecule has 0 atom stereocenters. The Morgan fingerprint density at radius 1 is 0.974 bits per heavy atom. The van der Waals surface area contributed by atoms with Gasteiger partial charge in [0.05, 0.1) is 18.6 Å². The largest absolute Gasteiger partial charge is 0.493 e. The van der Waals surface area contributed by atoms with E-state index in [1.807, 2.05) is 25.1 Å². The maximum absolute atomic E-state index is 14.0. The van der Waals surface area contributed by atoms with Gasteiger partial charge in [-0.2, -0.15) is 0 Å². The van der Waals surface area contributed by atoms with Crippen molar-refractivity contribution in [2.24, 2.45) is 0 Å². The predicted molar refractivity (Wildman–Crippen MR) is 147 cm³/mol. The summed E-state index contributed by atoms with van der Waals surface area (Å²) in [6.45, 7) is 6.54. The highest BCUT2D eigenvalue weighted by molar-refractivity contribution is 8.18. The van der Waals surface area contributed by atoms with Crippen molar-refractivity contribution >= 4 is 29.0 Å². The number of rotatable bonds is 10. The number of aryl methyl sites for hydroxylation is 1. The van der Waals surface area contributed by atoms with Gasteiger partial charge in [0, 0.05) is 5.56 Å². The molecule has 0 spiro atoms. The zero-order valence-electron chi connectivity index (χ0n) is 21.8. The molecule has 3 aromatic carbocycles. The average molecular weight is 536 g/mol. The third-order valence-electron chi connectivity index (χ3n) is 6.06. The Hall–Kier alpha value is -3.78. The van der Waals surface area contributed by atoms with Gasteiger partial charge in [0.1, 0.15) is 24.8 Å². The summed E-state index contributed by atoms with van der Waals surface area (Å²) in [7, 11) is 1.51. The van der Waals surface area contributed by atoms with Crippen molar-refractivity contribution in [2.45, 2.75) is 33.3 Å². The molecule has 3 aromatic rings. The first-order chi connectivity index (χ1) is 18.3. The third-order valence-corrected chi connectivity index (χ3v) is 6.97. The number of amides is 2. The highest BCUT2D eigenvalue weighted by Gasteiger charge is 2.35. The fraction of sp³-hybridized carbons (Fsp3) is 0.267. The van der Waals surface area contributed by atoms with E-state index in [1.165, 1.54) is 18.1 Å². The van der Waals surface area contributed by atoms with E-state index in [2.05, 4.69) is 13.8 Å². The predicted octanol–water partition coefficient (Wildman–Crippen LogP) is 6.96. The first-order valence-electron chi connectivity index (χ1n) is 12.3. The molecule has 0 bridgehead atoms. The minimum Gasteiger partial charge on any atom is -0.493 e. The van der Waals surface area contributed by atoms with Crippen LogP contribution in [0, 0.1) is 12.7 Å². The Morgan fingerprint density at radius 3 is 2.50 bits per heavy atom. The van der Waals surface area contributed by atoms with Crippen LogP contribution < -0.4 is 14.2 Å². The maximum Gasteiger partial charge on any atom is 0.293 e. The number of benzene rings is 3. The first-order valence-corrected chi connectivity index (χ1v) is 13.1. The Kier molecular flexibility index (Phi) is 8.73. The fourth-order valence-corrected chi connectivity index (χ4v) is 4.87. The lowest BCUT2D eigenvalue weighted by molar-refractivity contribution is -0.123. The van der Waals surface area contributed by atoms with Crippen LogP contribution in [0.2, 0.25) is 0 Å². The molecule has 1 heterocycles. The molecule has 4 rings (SSSR count). The third kappa shape index (κ3) is 6.37. The molecule has 0 N–H and O–H groups in total. The standard InChI is InChI=1S/C30H30FNO5S/c1-19(2)23-11-9-20(3)15-26(23)36-14-13-32-29(33)28(38-30(32)34)17-21-10-12-25(35-4)27(16-21)37-18-22-7-5-6-8-24(22)31/h5-12,15-17,19H,13-14,18H2,1-4H3/b28-17-. The van der Waals surface area contributed by atoms with Gasteiger partial charge in [-0.3, -0.25) is 14.5 Å². The van der Waals surface area contributed by atoms with Crippen molar-refractivity contribution in [3.8, 4) is 17.2 Å². The van der Waals surface area contributed by atoms with Gasteiger partial charge in [0.15, 0.2) is 11.5 Å². The van der Waals surface area contributed by atoms with Crippen molar-refractivity contribution in [3.63, 3.8) is 0 Å². The van der Waals surface area contributed by atoms with Crippen molar-refractivity contribution < 1.29 is 28.2 Å². The van der Waals surface area contributed by atoms with Crippen LogP contribution in [0.15, 0.2) is 65.6 Å². The Morgan fingerprint density at radius 2 is 1.76 bits per heavy atom. The molecule has 0 aromatic heterocycles. The van der Waals surface area contributed by atoms with E-state index in [0.29, 0.717) is 27.5 Å². The quantitative estimate of drug-likeness (QED) is 0.262. The molecule has 0 saturated carbocycles. The Bertz CT molecular complexity index is 1370. The van der Waals surface area contributed by atoms with Crippen LogP contribution in [-0.4, -0.2) is 36.3 Å². The molecular formula is C30H30FNO5S. The van der Waals surface area contributed by atoms with Crippen LogP contribution in [0.5, 0.6) is 17.2 Å². The number of nitrogens with zero attached hydrogens (tertiary/aromatic N) is 1. The number of carbonyl (C=O) groups is 2. The molecule has 198 valence electrons. The summed E-state index contributed by atoms with van der Waals surface area (Å²) in [5.74, 6) is 1.20. The lowest BCUT2D eigenvalue weighted by atomic mass is 10.0. The topological polar surface area (TPSA) is 65.1 Å². The van der Waals surface area contributed by atoms with Gasteiger partial charge in [0.25, 0.3) is 11.1 Å². The van der Waals surface area contributed by atoms with Crippen LogP contribution in [0.25, 0.3) is 6.08 Å². The van der Waals surface area contributed by atoms with E-state index in [9.17, 15) is 14.0 Å². The SMILES string of the molecule is COc1ccc(/C=C2\SC(=O)N(CCOc3cc(C)ccc3C(C)C)C2=O)cc1OCc1ccccc1F. The molecule has 0 radical (unpaired) electrons. The van der Waals surface area contributed by atoms with Crippen molar-refractivity contribution in [1.29, 1.82) is 0 Å². The van der Waals surface area contributed by atoms with Crippen molar-refractivity contribution in [2.75, 3.05) is 20.3 Å². The van der Waals surface area contributed by atoms with Crippen LogP contribution in [0.4, 0.5) is 9.18 Å². The molecule has 1 aliphatic heterocycles. The molecule has 0 aliphatic carbocycles. The number of carbonyl (C=O) groups excluding carboxylic acids is 2. The van der Waals surface area contributed by atoms with Gasteiger partial charge in [-0.15, -0.1) is 0 Å². The van der Waals surface area contributed by atoms with E-state index < -0.39 is 0 Å². The highest BCUT2D eigenvalue weighted by atomic mass is 32.2. The van der Waals surface area contributed by atoms with Gasteiger partial charge < -0.3 is 14.2 Å². The molecule has 6 nitrogen and oxygen atoms in total. The van der Waals surface area contributed by atoms with Crippen LogP contribution in [-0.2, 0) is 11.4 Å². The highest BCUT2D eigenvalue weighted by Crippen LogP contribution is 2.35. The van der Waals surface area contributed by atoms with Crippen LogP contribution >= 0.6 is 11.8 Å². The number of hydrogen-bond donors (Lipinski definition) is 0. The maximum atomic E-state index is 14.0. The number of halogens is 1. The number of thioether (sulfide) groups is 1. The van der Waals surface area contributed by atoms with E-state index >= 15 is 0 Å². The minimum atomic E-state index is -0.374. The average Bonchev–Trinajstić information content (AvgIpc) is 3.15. The monoisotopic (exact) mass is 535 g/mol. The summed E-state index contributed by atoms with van der Waals surface area (Å²) in [6.07, 6.45) is 1.64. The van der Waals surface area contributed by atoms with E-state index in [1.54, 1.807) is 42.5 Å². The second kappa shape index (κ2) is 12.2. The van der Waals surface area contributed by atoms with Crippen molar-refractivity contribution in [3.05, 3.63) is 93.6 Å². The smallest absolute Gasteiger partial charge is 0.293 e. The zero-order valence-corrected chi connectivity index (χ0v) is 22.6. The van der Waals surface area contributed by atoms with Gasteiger partial charge in [-0.25, -0.2) is 4.39 Å². The normalized spacial score (nSPS) is 14.5. The molecule has 2 amide bonds. The number of hydrogen-bond acceptors (Lipinski definition) is 6. The lowest BCUT2D eigenvalue weighted by Gasteiger charge is -2.17. The van der Waals surface area contributed by atoms with E-state index in [0.717, 1.165) is 28.6 Å². The molecule has 1 saturated heterocycles. The first kappa shape index (κ1) is 27.3. The lowest BCUT2D eigenvalue weighted by Crippen LogP contribution is -2.32. The Balaban J connectivity index is 1.44. The van der Waals surface area contributed by atoms with Gasteiger partial charge in [0.2, 0.25) is 0 Å². The van der Waals surface area contributed by atoms with Crippen LogP contribution in [0.3, 0.4) is 0 Å². The number of methoxy groups -OCH3 is 1. The summed E-state index contributed by atoms with van der Waals surface area (Å²) in [6, 6.07) is 17.6. The number of ether oxygens (including phenoxy) is 3.